The van der Waals surface area contributed by atoms with E-state index in [-0.39, 0.29) is 5.70 Å². The summed E-state index contributed by atoms with van der Waals surface area (Å²) in [5.74, 6) is -8.06. The lowest BCUT2D eigenvalue weighted by atomic mass is 10.0. The van der Waals surface area contributed by atoms with Gasteiger partial charge in [0.1, 0.15) is 0 Å². The number of nitrogens with one attached hydrogen (secondary N) is 1. The van der Waals surface area contributed by atoms with Crippen molar-refractivity contribution in [3.05, 3.63) is 35.9 Å². The van der Waals surface area contributed by atoms with Crippen molar-refractivity contribution >= 4 is 11.4 Å². The molecule has 0 aliphatic carbocycles. The fourth-order valence-electron chi connectivity index (χ4n) is 2.37. The molecule has 0 atom stereocenters. The van der Waals surface area contributed by atoms with Gasteiger partial charge in [-0.15, -0.1) is 0 Å². The molecule has 0 saturated carbocycles. The Balaban J connectivity index is 2.35. The Bertz CT molecular complexity index is 524. The molecule has 1 aromatic rings. The van der Waals surface area contributed by atoms with Crippen molar-refractivity contribution in [1.29, 1.82) is 0 Å². The van der Waals surface area contributed by atoms with Gasteiger partial charge in [0.15, 0.2) is 0 Å². The molecule has 110 valence electrons. The standard InChI is InChI=1S/C14H16F4N2/c1-9-5-4-6-11(19-3)12(9)10(2)20-7-13(15,16)14(17,18)8-20/h4-6,19H,2,7-8H2,1,3H3. The molecule has 0 unspecified atom stereocenters. The average Bonchev–Trinajstić information content (AvgIpc) is 2.57. The smallest absolute Gasteiger partial charge is 0.329 e. The van der Waals surface area contributed by atoms with Crippen molar-refractivity contribution in [1.82, 2.24) is 4.90 Å². The molecule has 1 aliphatic rings. The maximum Gasteiger partial charge on any atom is 0.329 e. The molecule has 2 rings (SSSR count). The first-order chi connectivity index (χ1) is 9.19. The van der Waals surface area contributed by atoms with Crippen LogP contribution in [0.15, 0.2) is 24.8 Å². The summed E-state index contributed by atoms with van der Waals surface area (Å²) in [6.07, 6.45) is 0. The molecule has 0 aromatic heterocycles. The Morgan fingerprint density at radius 2 is 1.75 bits per heavy atom. The molecule has 0 bridgehead atoms. The maximum absolute atomic E-state index is 13.3. The van der Waals surface area contributed by atoms with E-state index in [1.807, 2.05) is 0 Å². The van der Waals surface area contributed by atoms with E-state index in [4.69, 9.17) is 0 Å². The summed E-state index contributed by atoms with van der Waals surface area (Å²) >= 11 is 0. The normalized spacial score (nSPS) is 20.0. The quantitative estimate of drug-likeness (QED) is 0.855. The first-order valence-electron chi connectivity index (χ1n) is 6.17. The van der Waals surface area contributed by atoms with E-state index in [0.717, 1.165) is 10.5 Å². The van der Waals surface area contributed by atoms with Crippen molar-refractivity contribution < 1.29 is 17.6 Å². The molecule has 1 heterocycles. The van der Waals surface area contributed by atoms with Crippen LogP contribution in [0.4, 0.5) is 23.2 Å². The molecule has 6 heteroatoms. The number of halogens is 4. The van der Waals surface area contributed by atoms with Crippen LogP contribution in [-0.4, -0.2) is 36.9 Å². The van der Waals surface area contributed by atoms with Crippen LogP contribution in [0.25, 0.3) is 5.70 Å². The van der Waals surface area contributed by atoms with Gasteiger partial charge in [-0.05, 0) is 18.6 Å². The summed E-state index contributed by atoms with van der Waals surface area (Å²) in [6.45, 7) is 3.48. The van der Waals surface area contributed by atoms with E-state index in [1.54, 1.807) is 32.2 Å². The number of hydrogen-bond acceptors (Lipinski definition) is 2. The van der Waals surface area contributed by atoms with Crippen LogP contribution in [-0.2, 0) is 0 Å². The Morgan fingerprint density at radius 3 is 2.25 bits per heavy atom. The molecular formula is C14H16F4N2. The number of benzene rings is 1. The lowest BCUT2D eigenvalue weighted by Crippen LogP contribution is -2.38. The van der Waals surface area contributed by atoms with Crippen molar-refractivity contribution in [2.45, 2.75) is 18.8 Å². The fraction of sp³-hybridized carbons (Fsp3) is 0.429. The van der Waals surface area contributed by atoms with Crippen LogP contribution in [0.1, 0.15) is 11.1 Å². The van der Waals surface area contributed by atoms with Gasteiger partial charge in [0.2, 0.25) is 0 Å². The van der Waals surface area contributed by atoms with Gasteiger partial charge in [0, 0.05) is 24.0 Å². The second-order valence-corrected chi connectivity index (χ2v) is 4.96. The monoisotopic (exact) mass is 288 g/mol. The minimum atomic E-state index is -4.03. The van der Waals surface area contributed by atoms with Gasteiger partial charge in [-0.3, -0.25) is 0 Å². The summed E-state index contributed by atoms with van der Waals surface area (Å²) in [5, 5.41) is 2.92. The van der Waals surface area contributed by atoms with Crippen molar-refractivity contribution in [2.24, 2.45) is 0 Å². The van der Waals surface area contributed by atoms with Crippen LogP contribution >= 0.6 is 0 Å². The number of nitrogens with zero attached hydrogens (tertiary/aromatic N) is 1. The zero-order chi connectivity index (χ0) is 15.1. The Labute approximate surface area is 115 Å². The van der Waals surface area contributed by atoms with Crippen LogP contribution in [0, 0.1) is 6.92 Å². The number of likely N-dealkylation sites (tertiary alicyclic amines) is 1. The van der Waals surface area contributed by atoms with Crippen LogP contribution < -0.4 is 5.32 Å². The van der Waals surface area contributed by atoms with E-state index in [9.17, 15) is 17.6 Å². The Hall–Kier alpha value is -1.72. The molecule has 0 amide bonds. The topological polar surface area (TPSA) is 15.3 Å². The molecule has 0 spiro atoms. The molecule has 20 heavy (non-hydrogen) atoms. The predicted octanol–water partition coefficient (Wildman–Crippen LogP) is 3.59. The van der Waals surface area contributed by atoms with Gasteiger partial charge in [0.25, 0.3) is 0 Å². The lowest BCUT2D eigenvalue weighted by molar-refractivity contribution is -0.172. The highest BCUT2D eigenvalue weighted by molar-refractivity contribution is 5.76. The third kappa shape index (κ3) is 2.23. The highest BCUT2D eigenvalue weighted by Crippen LogP contribution is 2.44. The SMILES string of the molecule is C=C(c1c(C)cccc1NC)N1CC(F)(F)C(F)(F)C1. The van der Waals surface area contributed by atoms with Crippen molar-refractivity contribution in [3.63, 3.8) is 0 Å². The molecule has 1 N–H and O–H groups in total. The minimum Gasteiger partial charge on any atom is -0.388 e. The number of alkyl halides is 4. The Morgan fingerprint density at radius 1 is 1.20 bits per heavy atom. The van der Waals surface area contributed by atoms with E-state index in [0.29, 0.717) is 11.3 Å². The maximum atomic E-state index is 13.3. The summed E-state index contributed by atoms with van der Waals surface area (Å²) in [7, 11) is 1.68. The molecular weight excluding hydrogens is 272 g/mol. The third-order valence-electron chi connectivity index (χ3n) is 3.53. The summed E-state index contributed by atoms with van der Waals surface area (Å²) in [4.78, 5) is 0.948. The van der Waals surface area contributed by atoms with Crippen molar-refractivity contribution in [2.75, 3.05) is 25.5 Å². The van der Waals surface area contributed by atoms with Gasteiger partial charge < -0.3 is 10.2 Å². The highest BCUT2D eigenvalue weighted by Gasteiger charge is 2.63. The van der Waals surface area contributed by atoms with Gasteiger partial charge in [0.05, 0.1) is 13.1 Å². The zero-order valence-corrected chi connectivity index (χ0v) is 11.3. The average molecular weight is 288 g/mol. The molecule has 0 radical (unpaired) electrons. The van der Waals surface area contributed by atoms with Gasteiger partial charge in [-0.1, -0.05) is 18.7 Å². The van der Waals surface area contributed by atoms with E-state index in [1.165, 1.54) is 0 Å². The molecule has 1 aromatic carbocycles. The van der Waals surface area contributed by atoms with E-state index < -0.39 is 24.9 Å². The number of anilines is 1. The van der Waals surface area contributed by atoms with Crippen molar-refractivity contribution in [3.8, 4) is 0 Å². The second-order valence-electron chi connectivity index (χ2n) is 4.96. The lowest BCUT2D eigenvalue weighted by Gasteiger charge is -2.23. The summed E-state index contributed by atoms with van der Waals surface area (Å²) in [5.41, 5.74) is 2.24. The van der Waals surface area contributed by atoms with Gasteiger partial charge in [-0.2, -0.15) is 17.6 Å². The van der Waals surface area contributed by atoms with Gasteiger partial charge in [-0.25, -0.2) is 0 Å². The summed E-state index contributed by atoms with van der Waals surface area (Å²) in [6, 6.07) is 5.33. The van der Waals surface area contributed by atoms with Crippen LogP contribution in [0.3, 0.4) is 0 Å². The summed E-state index contributed by atoms with van der Waals surface area (Å²) < 4.78 is 53.1. The highest BCUT2D eigenvalue weighted by atomic mass is 19.3. The Kier molecular flexibility index (Phi) is 3.44. The number of aryl methyl sites for hydroxylation is 1. The fourth-order valence-corrected chi connectivity index (χ4v) is 2.37. The molecule has 2 nitrogen and oxygen atoms in total. The predicted molar refractivity (Wildman–Crippen MR) is 71.2 cm³/mol. The van der Waals surface area contributed by atoms with E-state index in [2.05, 4.69) is 11.9 Å². The van der Waals surface area contributed by atoms with Gasteiger partial charge >= 0.3 is 11.8 Å². The molecule has 1 saturated heterocycles. The van der Waals surface area contributed by atoms with E-state index >= 15 is 0 Å². The molecule has 1 fully saturated rings. The van der Waals surface area contributed by atoms with Crippen LogP contribution in [0.2, 0.25) is 0 Å². The first kappa shape index (κ1) is 14.7. The number of rotatable bonds is 3. The largest absolute Gasteiger partial charge is 0.388 e. The first-order valence-corrected chi connectivity index (χ1v) is 6.17. The number of hydrogen-bond donors (Lipinski definition) is 1. The van der Waals surface area contributed by atoms with Crippen LogP contribution in [0.5, 0.6) is 0 Å². The zero-order valence-electron chi connectivity index (χ0n) is 11.3. The third-order valence-corrected chi connectivity index (χ3v) is 3.53. The molecule has 1 aliphatic heterocycles. The minimum absolute atomic E-state index is 0.185. The second kappa shape index (κ2) is 4.68.